The normalized spacial score (nSPS) is 14.5. The van der Waals surface area contributed by atoms with E-state index < -0.39 is 15.9 Å². The van der Waals surface area contributed by atoms with Gasteiger partial charge in [-0.25, -0.2) is 0 Å². The van der Waals surface area contributed by atoms with Crippen LogP contribution >= 0.6 is 0 Å². The lowest BCUT2D eigenvalue weighted by molar-refractivity contribution is -0.385. The molecule has 1 heterocycles. The van der Waals surface area contributed by atoms with Gasteiger partial charge in [0.25, 0.3) is 17.3 Å². The molecule has 11 nitrogen and oxygen atoms in total. The Labute approximate surface area is 212 Å². The lowest BCUT2D eigenvalue weighted by Crippen LogP contribution is -2.42. The highest BCUT2D eigenvalue weighted by Gasteiger charge is 2.34. The maximum absolute atomic E-state index is 13.7. The molecule has 0 bridgehead atoms. The third-order valence-corrected chi connectivity index (χ3v) is 6.45. The standard InChI is InChI=1S/C26H25N3O8/c1-16-20(5-4-6-22(16)29(33)34)26(30)27-12-11-17-13-24(35-2)25(36-3)14-21(17)23(27)15-37-19-9-7-18(8-10-19)28(31)32/h4-10,13-14,23H,11-12,15H2,1-3H3/t23-/m0/s1. The van der Waals surface area contributed by atoms with E-state index in [1.165, 1.54) is 43.5 Å². The molecule has 192 valence electrons. The minimum Gasteiger partial charge on any atom is -0.493 e. The second-order valence-corrected chi connectivity index (χ2v) is 8.44. The number of methoxy groups -OCH3 is 2. The van der Waals surface area contributed by atoms with Gasteiger partial charge in [-0.1, -0.05) is 6.07 Å². The lowest BCUT2D eigenvalue weighted by atomic mass is 9.91. The second kappa shape index (κ2) is 10.5. The summed E-state index contributed by atoms with van der Waals surface area (Å²) in [6.07, 6.45) is 0.531. The number of hydrogen-bond acceptors (Lipinski definition) is 8. The average molecular weight is 507 g/mol. The van der Waals surface area contributed by atoms with Gasteiger partial charge in [0.2, 0.25) is 0 Å². The minimum atomic E-state index is -0.565. The number of carbonyl (C=O) groups is 1. The van der Waals surface area contributed by atoms with Crippen molar-refractivity contribution in [3.8, 4) is 17.2 Å². The van der Waals surface area contributed by atoms with Crippen LogP contribution in [-0.2, 0) is 6.42 Å². The second-order valence-electron chi connectivity index (χ2n) is 8.44. The smallest absolute Gasteiger partial charge is 0.273 e. The third kappa shape index (κ3) is 5.01. The average Bonchev–Trinajstić information content (AvgIpc) is 2.90. The Bertz CT molecular complexity index is 1360. The fourth-order valence-electron chi connectivity index (χ4n) is 4.50. The van der Waals surface area contributed by atoms with Crippen molar-refractivity contribution < 1.29 is 28.9 Å². The van der Waals surface area contributed by atoms with Crippen molar-refractivity contribution in [3.05, 3.63) is 97.1 Å². The molecule has 1 aliphatic rings. The molecule has 0 saturated heterocycles. The predicted molar refractivity (Wildman–Crippen MR) is 133 cm³/mol. The van der Waals surface area contributed by atoms with Gasteiger partial charge in [-0.05, 0) is 54.8 Å². The predicted octanol–water partition coefficient (Wildman–Crippen LogP) is 4.65. The van der Waals surface area contributed by atoms with Crippen LogP contribution < -0.4 is 14.2 Å². The Kier molecular flexibility index (Phi) is 7.23. The van der Waals surface area contributed by atoms with Gasteiger partial charge in [-0.3, -0.25) is 25.0 Å². The highest BCUT2D eigenvalue weighted by atomic mass is 16.6. The maximum Gasteiger partial charge on any atom is 0.273 e. The molecule has 11 heteroatoms. The Morgan fingerprint density at radius 2 is 1.68 bits per heavy atom. The Morgan fingerprint density at radius 3 is 2.30 bits per heavy atom. The van der Waals surface area contributed by atoms with Gasteiger partial charge >= 0.3 is 0 Å². The van der Waals surface area contributed by atoms with Gasteiger partial charge in [-0.2, -0.15) is 0 Å². The molecule has 3 aromatic carbocycles. The van der Waals surface area contributed by atoms with Crippen LogP contribution in [0.15, 0.2) is 54.6 Å². The van der Waals surface area contributed by atoms with E-state index in [0.29, 0.717) is 30.2 Å². The summed E-state index contributed by atoms with van der Waals surface area (Å²) >= 11 is 0. The first-order valence-corrected chi connectivity index (χ1v) is 11.4. The molecule has 1 atom stereocenters. The van der Waals surface area contributed by atoms with Crippen molar-refractivity contribution in [2.45, 2.75) is 19.4 Å². The number of hydrogen-bond donors (Lipinski definition) is 0. The Balaban J connectivity index is 1.72. The number of non-ortho nitro benzene ring substituents is 1. The first-order chi connectivity index (χ1) is 17.7. The van der Waals surface area contributed by atoms with E-state index in [1.54, 1.807) is 31.1 Å². The number of carbonyl (C=O) groups excluding carboxylic acids is 1. The quantitative estimate of drug-likeness (QED) is 0.318. The van der Waals surface area contributed by atoms with Gasteiger partial charge in [0, 0.05) is 35.9 Å². The van der Waals surface area contributed by atoms with Crippen molar-refractivity contribution >= 4 is 17.3 Å². The summed E-state index contributed by atoms with van der Waals surface area (Å²) in [5.41, 5.74) is 2.07. The number of nitrogens with zero attached hydrogens (tertiary/aromatic N) is 3. The van der Waals surface area contributed by atoms with Crippen LogP contribution in [0.5, 0.6) is 17.2 Å². The van der Waals surface area contributed by atoms with E-state index >= 15 is 0 Å². The number of amides is 1. The van der Waals surface area contributed by atoms with Gasteiger partial charge in [-0.15, -0.1) is 0 Å². The molecular formula is C26H25N3O8. The monoisotopic (exact) mass is 507 g/mol. The molecule has 0 aromatic heterocycles. The number of benzene rings is 3. The van der Waals surface area contributed by atoms with Crippen molar-refractivity contribution in [2.75, 3.05) is 27.4 Å². The summed E-state index contributed by atoms with van der Waals surface area (Å²) in [5.74, 6) is 1.09. The molecule has 0 spiro atoms. The van der Waals surface area contributed by atoms with E-state index in [1.807, 2.05) is 6.07 Å². The molecule has 3 aromatic rings. The summed E-state index contributed by atoms with van der Waals surface area (Å²) in [7, 11) is 3.06. The minimum absolute atomic E-state index is 0.0417. The molecule has 0 N–H and O–H groups in total. The number of rotatable bonds is 8. The molecule has 1 amide bonds. The van der Waals surface area contributed by atoms with Gasteiger partial charge in [0.05, 0.1) is 30.1 Å². The largest absolute Gasteiger partial charge is 0.493 e. The molecule has 0 saturated carbocycles. The van der Waals surface area contributed by atoms with Crippen LogP contribution in [-0.4, -0.2) is 48.0 Å². The topological polar surface area (TPSA) is 134 Å². The van der Waals surface area contributed by atoms with Crippen LogP contribution in [0.1, 0.15) is 33.1 Å². The van der Waals surface area contributed by atoms with Crippen LogP contribution in [0.4, 0.5) is 11.4 Å². The highest BCUT2D eigenvalue weighted by Crippen LogP contribution is 2.39. The van der Waals surface area contributed by atoms with Crippen molar-refractivity contribution in [1.82, 2.24) is 4.90 Å². The lowest BCUT2D eigenvalue weighted by Gasteiger charge is -2.38. The van der Waals surface area contributed by atoms with E-state index in [2.05, 4.69) is 0 Å². The zero-order valence-electron chi connectivity index (χ0n) is 20.5. The van der Waals surface area contributed by atoms with Gasteiger partial charge in [0.15, 0.2) is 11.5 Å². The van der Waals surface area contributed by atoms with E-state index in [-0.39, 0.29) is 35.0 Å². The molecule has 1 aliphatic heterocycles. The zero-order valence-corrected chi connectivity index (χ0v) is 20.5. The van der Waals surface area contributed by atoms with Crippen LogP contribution in [0.25, 0.3) is 0 Å². The number of ether oxygens (including phenoxy) is 3. The fraction of sp³-hybridized carbons (Fsp3) is 0.269. The molecule has 0 fully saturated rings. The van der Waals surface area contributed by atoms with Crippen molar-refractivity contribution in [1.29, 1.82) is 0 Å². The molecule has 4 rings (SSSR count). The number of nitro benzene ring substituents is 2. The van der Waals surface area contributed by atoms with Crippen LogP contribution in [0.2, 0.25) is 0 Å². The SMILES string of the molecule is COc1cc2c(cc1OC)[C@H](COc1ccc([N+](=O)[O-])cc1)N(C(=O)c1cccc([N+](=O)[O-])c1C)CC2. The summed E-state index contributed by atoms with van der Waals surface area (Å²) in [4.78, 5) is 36.8. The first kappa shape index (κ1) is 25.4. The molecular weight excluding hydrogens is 482 g/mol. The van der Waals surface area contributed by atoms with Crippen LogP contribution in [0, 0.1) is 27.2 Å². The van der Waals surface area contributed by atoms with E-state index in [0.717, 1.165) is 11.1 Å². The summed E-state index contributed by atoms with van der Waals surface area (Å²) in [5, 5.41) is 22.4. The van der Waals surface area contributed by atoms with Crippen molar-refractivity contribution in [3.63, 3.8) is 0 Å². The van der Waals surface area contributed by atoms with E-state index in [9.17, 15) is 25.0 Å². The van der Waals surface area contributed by atoms with Gasteiger partial charge in [0.1, 0.15) is 12.4 Å². The highest BCUT2D eigenvalue weighted by molar-refractivity contribution is 5.97. The molecule has 37 heavy (non-hydrogen) atoms. The molecule has 0 aliphatic carbocycles. The van der Waals surface area contributed by atoms with Crippen LogP contribution in [0.3, 0.4) is 0 Å². The molecule has 0 radical (unpaired) electrons. The fourth-order valence-corrected chi connectivity index (χ4v) is 4.50. The zero-order chi connectivity index (χ0) is 26.7. The summed E-state index contributed by atoms with van der Waals surface area (Å²) in [6.45, 7) is 1.94. The summed E-state index contributed by atoms with van der Waals surface area (Å²) in [6, 6.07) is 13.2. The molecule has 0 unspecified atom stereocenters. The Hall–Kier alpha value is -4.67. The first-order valence-electron chi connectivity index (χ1n) is 11.4. The third-order valence-electron chi connectivity index (χ3n) is 6.45. The number of nitro groups is 2. The summed E-state index contributed by atoms with van der Waals surface area (Å²) < 4.78 is 16.9. The number of fused-ring (bicyclic) bond motifs is 1. The van der Waals surface area contributed by atoms with Gasteiger partial charge < -0.3 is 19.1 Å². The van der Waals surface area contributed by atoms with Crippen molar-refractivity contribution in [2.24, 2.45) is 0 Å². The van der Waals surface area contributed by atoms with E-state index in [4.69, 9.17) is 14.2 Å². The maximum atomic E-state index is 13.7. The Morgan fingerprint density at radius 1 is 1.00 bits per heavy atom.